The van der Waals surface area contributed by atoms with Crippen LogP contribution in [0, 0.1) is 0 Å². The van der Waals surface area contributed by atoms with E-state index in [9.17, 15) is 13.2 Å². The number of fused-ring (bicyclic) bond motifs is 1. The van der Waals surface area contributed by atoms with Crippen molar-refractivity contribution in [3.8, 4) is 5.75 Å². The number of carbonyl (C=O) groups excluding carboxylic acids is 1. The summed E-state index contributed by atoms with van der Waals surface area (Å²) < 4.78 is 31.2. The van der Waals surface area contributed by atoms with Gasteiger partial charge in [-0.2, -0.15) is 0 Å². The Labute approximate surface area is 143 Å². The monoisotopic (exact) mass is 352 g/mol. The molecule has 1 saturated carbocycles. The number of sulfonamides is 1. The Balaban J connectivity index is 1.76. The molecule has 1 amide bonds. The van der Waals surface area contributed by atoms with E-state index in [2.05, 4.69) is 5.32 Å². The molecule has 1 N–H and O–H groups in total. The molecule has 0 aromatic heterocycles. The number of anilines is 1. The number of hydrogen-bond acceptors (Lipinski definition) is 4. The van der Waals surface area contributed by atoms with Gasteiger partial charge in [0.2, 0.25) is 10.0 Å². The van der Waals surface area contributed by atoms with Crippen LogP contribution in [0.25, 0.3) is 0 Å². The number of rotatable bonds is 3. The number of amides is 1. The summed E-state index contributed by atoms with van der Waals surface area (Å²) in [5.41, 5.74) is 0.485. The van der Waals surface area contributed by atoms with Crippen LogP contribution in [0.4, 0.5) is 5.69 Å². The predicted molar refractivity (Wildman–Crippen MR) is 92.7 cm³/mol. The van der Waals surface area contributed by atoms with Gasteiger partial charge in [-0.05, 0) is 25.0 Å². The van der Waals surface area contributed by atoms with Crippen LogP contribution in [-0.4, -0.2) is 39.3 Å². The SMILES string of the molecule is CS(=O)(=O)N1C[C@H](C(=O)NC2CCCCCC2)Oc2ccccc21. The Morgan fingerprint density at radius 1 is 1.17 bits per heavy atom. The second-order valence-corrected chi connectivity index (χ2v) is 8.47. The average molecular weight is 352 g/mol. The summed E-state index contributed by atoms with van der Waals surface area (Å²) in [4.78, 5) is 12.6. The molecule has 7 heteroatoms. The lowest BCUT2D eigenvalue weighted by molar-refractivity contribution is -0.128. The third-order valence-corrected chi connectivity index (χ3v) is 5.78. The lowest BCUT2D eigenvalue weighted by Crippen LogP contribution is -2.52. The summed E-state index contributed by atoms with van der Waals surface area (Å²) in [6.45, 7) is 0.00833. The van der Waals surface area contributed by atoms with Crippen LogP contribution >= 0.6 is 0 Å². The normalized spacial score (nSPS) is 22.2. The first-order chi connectivity index (χ1) is 11.4. The second-order valence-electron chi connectivity index (χ2n) is 6.57. The molecule has 132 valence electrons. The van der Waals surface area contributed by atoms with E-state index < -0.39 is 16.1 Å². The fourth-order valence-corrected chi connectivity index (χ4v) is 4.28. The van der Waals surface area contributed by atoms with Crippen molar-refractivity contribution in [2.75, 3.05) is 17.1 Å². The van der Waals surface area contributed by atoms with E-state index in [1.807, 2.05) is 0 Å². The summed E-state index contributed by atoms with van der Waals surface area (Å²) in [6.07, 6.45) is 6.94. The number of carbonyl (C=O) groups is 1. The van der Waals surface area contributed by atoms with Crippen LogP contribution in [0.2, 0.25) is 0 Å². The molecule has 1 aliphatic carbocycles. The highest BCUT2D eigenvalue weighted by atomic mass is 32.2. The smallest absolute Gasteiger partial charge is 0.263 e. The van der Waals surface area contributed by atoms with E-state index in [1.165, 1.54) is 17.1 Å². The van der Waals surface area contributed by atoms with E-state index in [1.54, 1.807) is 24.3 Å². The van der Waals surface area contributed by atoms with Gasteiger partial charge in [-0.15, -0.1) is 0 Å². The van der Waals surface area contributed by atoms with Crippen LogP contribution in [-0.2, 0) is 14.8 Å². The standard InChI is InChI=1S/C17H24N2O4S/c1-24(21,22)19-12-16(23-15-11-7-6-10-14(15)19)17(20)18-13-8-4-2-3-5-9-13/h6-7,10-11,13,16H,2-5,8-9,12H2,1H3,(H,18,20)/t16-/m1/s1. The summed E-state index contributed by atoms with van der Waals surface area (Å²) in [7, 11) is -3.47. The van der Waals surface area contributed by atoms with Gasteiger partial charge < -0.3 is 10.1 Å². The summed E-state index contributed by atoms with van der Waals surface area (Å²) in [6, 6.07) is 7.07. The molecule has 1 aromatic rings. The van der Waals surface area contributed by atoms with E-state index in [-0.39, 0.29) is 18.5 Å². The minimum Gasteiger partial charge on any atom is -0.476 e. The summed E-state index contributed by atoms with van der Waals surface area (Å²) in [5.74, 6) is 0.195. The molecule has 24 heavy (non-hydrogen) atoms. The van der Waals surface area contributed by atoms with Gasteiger partial charge in [0, 0.05) is 6.04 Å². The predicted octanol–water partition coefficient (Wildman–Crippen LogP) is 2.05. The molecule has 1 atom stereocenters. The lowest BCUT2D eigenvalue weighted by atomic mass is 10.1. The van der Waals surface area contributed by atoms with Gasteiger partial charge in [0.15, 0.2) is 6.10 Å². The highest BCUT2D eigenvalue weighted by Crippen LogP contribution is 2.34. The van der Waals surface area contributed by atoms with Crippen molar-refractivity contribution in [3.05, 3.63) is 24.3 Å². The Kier molecular flexibility index (Phi) is 4.99. The molecule has 3 rings (SSSR count). The van der Waals surface area contributed by atoms with E-state index in [0.29, 0.717) is 11.4 Å². The zero-order valence-electron chi connectivity index (χ0n) is 13.9. The highest BCUT2D eigenvalue weighted by molar-refractivity contribution is 7.92. The van der Waals surface area contributed by atoms with Crippen molar-refractivity contribution in [2.45, 2.75) is 50.7 Å². The molecule has 2 aliphatic rings. The zero-order valence-corrected chi connectivity index (χ0v) is 14.7. The van der Waals surface area contributed by atoms with Crippen molar-refractivity contribution in [1.82, 2.24) is 5.32 Å². The molecule has 6 nitrogen and oxygen atoms in total. The number of hydrogen-bond donors (Lipinski definition) is 1. The van der Waals surface area contributed by atoms with Crippen LogP contribution < -0.4 is 14.4 Å². The Bertz CT molecular complexity index is 696. The average Bonchev–Trinajstić information content (AvgIpc) is 2.81. The van der Waals surface area contributed by atoms with Gasteiger partial charge in [0.1, 0.15) is 5.75 Å². The first-order valence-electron chi connectivity index (χ1n) is 8.49. The summed E-state index contributed by atoms with van der Waals surface area (Å²) in [5, 5.41) is 3.05. The molecule has 1 fully saturated rings. The lowest BCUT2D eigenvalue weighted by Gasteiger charge is -2.34. The molecular weight excluding hydrogens is 328 g/mol. The van der Waals surface area contributed by atoms with Gasteiger partial charge in [-0.3, -0.25) is 9.10 Å². The van der Waals surface area contributed by atoms with Crippen molar-refractivity contribution in [3.63, 3.8) is 0 Å². The minimum absolute atomic E-state index is 0.00833. The highest BCUT2D eigenvalue weighted by Gasteiger charge is 2.35. The zero-order chi connectivity index (χ0) is 17.2. The first kappa shape index (κ1) is 17.1. The topological polar surface area (TPSA) is 75.7 Å². The van der Waals surface area contributed by atoms with Gasteiger partial charge in [-0.25, -0.2) is 8.42 Å². The number of nitrogens with zero attached hydrogens (tertiary/aromatic N) is 1. The second kappa shape index (κ2) is 7.01. The van der Waals surface area contributed by atoms with E-state index in [4.69, 9.17) is 4.74 Å². The van der Waals surface area contributed by atoms with Gasteiger partial charge in [0.05, 0.1) is 18.5 Å². The molecule has 0 spiro atoms. The maximum absolute atomic E-state index is 12.6. The number of benzene rings is 1. The van der Waals surface area contributed by atoms with Crippen LogP contribution in [0.5, 0.6) is 5.75 Å². The van der Waals surface area contributed by atoms with Gasteiger partial charge in [0.25, 0.3) is 5.91 Å². The van der Waals surface area contributed by atoms with Crippen molar-refractivity contribution in [2.24, 2.45) is 0 Å². The Hall–Kier alpha value is -1.76. The Morgan fingerprint density at radius 2 is 1.83 bits per heavy atom. The van der Waals surface area contributed by atoms with Crippen LogP contribution in [0.3, 0.4) is 0 Å². The quantitative estimate of drug-likeness (QED) is 0.845. The molecule has 0 saturated heterocycles. The molecule has 0 bridgehead atoms. The van der Waals surface area contributed by atoms with E-state index in [0.717, 1.165) is 31.9 Å². The third-order valence-electron chi connectivity index (χ3n) is 4.63. The minimum atomic E-state index is -3.47. The van der Waals surface area contributed by atoms with Gasteiger partial charge in [-0.1, -0.05) is 37.8 Å². The molecule has 1 aliphatic heterocycles. The van der Waals surface area contributed by atoms with Crippen molar-refractivity contribution < 1.29 is 17.9 Å². The molecular formula is C17H24N2O4S. The van der Waals surface area contributed by atoms with Gasteiger partial charge >= 0.3 is 0 Å². The molecule has 1 aromatic carbocycles. The van der Waals surface area contributed by atoms with E-state index >= 15 is 0 Å². The number of para-hydroxylation sites is 2. The maximum Gasteiger partial charge on any atom is 0.263 e. The van der Waals surface area contributed by atoms with Crippen molar-refractivity contribution in [1.29, 1.82) is 0 Å². The third kappa shape index (κ3) is 3.83. The number of ether oxygens (including phenoxy) is 1. The molecule has 0 radical (unpaired) electrons. The fraction of sp³-hybridized carbons (Fsp3) is 0.588. The van der Waals surface area contributed by atoms with Crippen LogP contribution in [0.15, 0.2) is 24.3 Å². The first-order valence-corrected chi connectivity index (χ1v) is 10.3. The number of nitrogens with one attached hydrogen (secondary N) is 1. The maximum atomic E-state index is 12.6. The largest absolute Gasteiger partial charge is 0.476 e. The molecule has 0 unspecified atom stereocenters. The fourth-order valence-electron chi connectivity index (χ4n) is 3.37. The molecule has 1 heterocycles. The van der Waals surface area contributed by atoms with Crippen molar-refractivity contribution >= 4 is 21.6 Å². The van der Waals surface area contributed by atoms with Crippen LogP contribution in [0.1, 0.15) is 38.5 Å². The Morgan fingerprint density at radius 3 is 2.50 bits per heavy atom. The summed E-state index contributed by atoms with van der Waals surface area (Å²) >= 11 is 0.